The van der Waals surface area contributed by atoms with Gasteiger partial charge in [0.2, 0.25) is 0 Å². The fraction of sp³-hybridized carbons (Fsp3) is 0.538. The Bertz CT molecular complexity index is 295. The number of nitrogens with one attached hydrogen (secondary N) is 1. The van der Waals surface area contributed by atoms with Gasteiger partial charge >= 0.3 is 0 Å². The topological polar surface area (TPSA) is 15.3 Å². The highest BCUT2D eigenvalue weighted by Gasteiger charge is 2.27. The van der Waals surface area contributed by atoms with Crippen LogP contribution in [0.15, 0.2) is 30.3 Å². The van der Waals surface area contributed by atoms with Crippen LogP contribution in [0.25, 0.3) is 0 Å². The molecule has 0 amide bonds. The minimum absolute atomic E-state index is 0.495. The number of piperidine rings is 1. The second kappa shape index (κ2) is 4.77. The van der Waals surface area contributed by atoms with Gasteiger partial charge in [-0.1, -0.05) is 30.3 Å². The fourth-order valence-electron chi connectivity index (χ4n) is 2.43. The molecule has 2 heteroatoms. The summed E-state index contributed by atoms with van der Waals surface area (Å²) < 4.78 is 0. The molecular formula is C13H20N2. The number of likely N-dealkylation sites (N-methyl/N-ethyl adjacent to an activating group) is 1. The maximum atomic E-state index is 3.63. The highest BCUT2D eigenvalue weighted by atomic mass is 15.1. The highest BCUT2D eigenvalue weighted by molar-refractivity contribution is 5.21. The molecule has 0 bridgehead atoms. The van der Waals surface area contributed by atoms with Crippen LogP contribution in [0.1, 0.15) is 24.4 Å². The average Bonchev–Trinajstić information content (AvgIpc) is 2.30. The molecule has 1 aromatic carbocycles. The van der Waals surface area contributed by atoms with Crippen molar-refractivity contribution in [1.29, 1.82) is 0 Å². The minimum atomic E-state index is 0.495. The largest absolute Gasteiger partial charge is 0.309 e. The summed E-state index contributed by atoms with van der Waals surface area (Å²) in [5.41, 5.74) is 1.41. The van der Waals surface area contributed by atoms with Crippen molar-refractivity contribution in [2.24, 2.45) is 0 Å². The number of hydrogen-bond donors (Lipinski definition) is 1. The Morgan fingerprint density at radius 3 is 2.60 bits per heavy atom. The smallest absolute Gasteiger partial charge is 0.0477 e. The fourth-order valence-corrected chi connectivity index (χ4v) is 2.43. The summed E-state index contributed by atoms with van der Waals surface area (Å²) in [6.07, 6.45) is 2.58. The zero-order chi connectivity index (χ0) is 10.7. The van der Waals surface area contributed by atoms with E-state index in [-0.39, 0.29) is 0 Å². The molecule has 1 fully saturated rings. The lowest BCUT2D eigenvalue weighted by atomic mass is 9.92. The zero-order valence-corrected chi connectivity index (χ0v) is 9.61. The summed E-state index contributed by atoms with van der Waals surface area (Å²) in [7, 11) is 4.35. The lowest BCUT2D eigenvalue weighted by Gasteiger charge is -2.37. The lowest BCUT2D eigenvalue weighted by molar-refractivity contribution is 0.187. The van der Waals surface area contributed by atoms with E-state index >= 15 is 0 Å². The Morgan fingerprint density at radius 1 is 1.20 bits per heavy atom. The van der Waals surface area contributed by atoms with Gasteiger partial charge in [0, 0.05) is 12.1 Å². The molecule has 2 unspecified atom stereocenters. The number of hydrogen-bond acceptors (Lipinski definition) is 2. The van der Waals surface area contributed by atoms with Crippen LogP contribution in [0.4, 0.5) is 0 Å². The molecule has 0 radical (unpaired) electrons. The van der Waals surface area contributed by atoms with Crippen molar-refractivity contribution >= 4 is 0 Å². The zero-order valence-electron chi connectivity index (χ0n) is 9.61. The predicted octanol–water partition coefficient (Wildman–Crippen LogP) is 2.04. The molecule has 1 saturated heterocycles. The van der Waals surface area contributed by atoms with Crippen molar-refractivity contribution < 1.29 is 0 Å². The molecule has 82 valence electrons. The molecular weight excluding hydrogens is 184 g/mol. The second-order valence-electron chi connectivity index (χ2n) is 4.52. The van der Waals surface area contributed by atoms with Gasteiger partial charge in [-0.25, -0.2) is 0 Å². The molecule has 1 aliphatic rings. The highest BCUT2D eigenvalue weighted by Crippen LogP contribution is 2.26. The van der Waals surface area contributed by atoms with Gasteiger partial charge in [0.1, 0.15) is 0 Å². The van der Waals surface area contributed by atoms with Gasteiger partial charge in [-0.05, 0) is 39.0 Å². The van der Waals surface area contributed by atoms with Gasteiger partial charge in [-0.15, -0.1) is 0 Å². The van der Waals surface area contributed by atoms with Gasteiger partial charge in [-0.2, -0.15) is 0 Å². The van der Waals surface area contributed by atoms with E-state index in [4.69, 9.17) is 0 Å². The van der Waals surface area contributed by atoms with Crippen molar-refractivity contribution in [1.82, 2.24) is 10.2 Å². The van der Waals surface area contributed by atoms with Crippen LogP contribution < -0.4 is 5.32 Å². The number of benzene rings is 1. The van der Waals surface area contributed by atoms with E-state index in [2.05, 4.69) is 54.6 Å². The first-order valence-corrected chi connectivity index (χ1v) is 5.74. The predicted molar refractivity (Wildman–Crippen MR) is 63.9 cm³/mol. The van der Waals surface area contributed by atoms with Crippen LogP contribution >= 0.6 is 0 Å². The molecule has 15 heavy (non-hydrogen) atoms. The van der Waals surface area contributed by atoms with Crippen LogP contribution in [0, 0.1) is 0 Å². The summed E-state index contributed by atoms with van der Waals surface area (Å²) >= 11 is 0. The summed E-state index contributed by atoms with van der Waals surface area (Å²) in [5.74, 6) is 0. The quantitative estimate of drug-likeness (QED) is 0.793. The van der Waals surface area contributed by atoms with Crippen LogP contribution in [-0.4, -0.2) is 31.6 Å². The molecule has 1 aromatic rings. The molecule has 2 rings (SSSR count). The summed E-state index contributed by atoms with van der Waals surface area (Å²) in [6.45, 7) is 1.14. The monoisotopic (exact) mass is 204 g/mol. The third-order valence-electron chi connectivity index (χ3n) is 3.25. The van der Waals surface area contributed by atoms with Crippen molar-refractivity contribution in [3.05, 3.63) is 35.9 Å². The van der Waals surface area contributed by atoms with Gasteiger partial charge in [-0.3, -0.25) is 0 Å². The van der Waals surface area contributed by atoms with Crippen molar-refractivity contribution in [3.63, 3.8) is 0 Å². The SMILES string of the molecule is CN(C)C1CCCNC1c1ccccc1. The molecule has 0 aromatic heterocycles. The molecule has 2 nitrogen and oxygen atoms in total. The normalized spacial score (nSPS) is 26.9. The molecule has 2 atom stereocenters. The van der Waals surface area contributed by atoms with Crippen LogP contribution in [0.5, 0.6) is 0 Å². The molecule has 0 saturated carbocycles. The van der Waals surface area contributed by atoms with Crippen molar-refractivity contribution in [2.75, 3.05) is 20.6 Å². The number of nitrogens with zero attached hydrogens (tertiary/aromatic N) is 1. The van der Waals surface area contributed by atoms with Crippen LogP contribution in [-0.2, 0) is 0 Å². The maximum Gasteiger partial charge on any atom is 0.0477 e. The van der Waals surface area contributed by atoms with E-state index in [0.717, 1.165) is 6.54 Å². The van der Waals surface area contributed by atoms with Gasteiger partial charge < -0.3 is 10.2 Å². The van der Waals surface area contributed by atoms with E-state index < -0.39 is 0 Å². The molecule has 1 aliphatic heterocycles. The van der Waals surface area contributed by atoms with Crippen molar-refractivity contribution in [3.8, 4) is 0 Å². The van der Waals surface area contributed by atoms with Crippen LogP contribution in [0.2, 0.25) is 0 Å². The molecule has 0 spiro atoms. The first-order chi connectivity index (χ1) is 7.29. The number of rotatable bonds is 2. The standard InChI is InChI=1S/C13H20N2/c1-15(2)12-9-6-10-14-13(12)11-7-4-3-5-8-11/h3-5,7-8,12-14H,6,9-10H2,1-2H3. The molecule has 1 heterocycles. The van der Waals surface area contributed by atoms with Gasteiger partial charge in [0.25, 0.3) is 0 Å². The van der Waals surface area contributed by atoms with Crippen molar-refractivity contribution in [2.45, 2.75) is 24.9 Å². The summed E-state index contributed by atoms with van der Waals surface area (Å²) in [5, 5.41) is 3.63. The van der Waals surface area contributed by atoms with E-state index in [1.54, 1.807) is 0 Å². The third-order valence-corrected chi connectivity index (χ3v) is 3.25. The molecule has 1 N–H and O–H groups in total. The first kappa shape index (κ1) is 10.7. The van der Waals surface area contributed by atoms with E-state index in [9.17, 15) is 0 Å². The minimum Gasteiger partial charge on any atom is -0.309 e. The maximum absolute atomic E-state index is 3.63. The summed E-state index contributed by atoms with van der Waals surface area (Å²) in [6, 6.07) is 11.9. The Labute approximate surface area is 92.3 Å². The second-order valence-corrected chi connectivity index (χ2v) is 4.52. The lowest BCUT2D eigenvalue weighted by Crippen LogP contribution is -2.45. The van der Waals surface area contributed by atoms with Gasteiger partial charge in [0.05, 0.1) is 0 Å². The average molecular weight is 204 g/mol. The third kappa shape index (κ3) is 2.39. The first-order valence-electron chi connectivity index (χ1n) is 5.74. The van der Waals surface area contributed by atoms with E-state index in [1.165, 1.54) is 18.4 Å². The van der Waals surface area contributed by atoms with Crippen LogP contribution in [0.3, 0.4) is 0 Å². The molecule has 0 aliphatic carbocycles. The van der Waals surface area contributed by atoms with E-state index in [0.29, 0.717) is 12.1 Å². The van der Waals surface area contributed by atoms with E-state index in [1.807, 2.05) is 0 Å². The Kier molecular flexibility index (Phi) is 3.39. The Balaban J connectivity index is 2.18. The Hall–Kier alpha value is -0.860. The Morgan fingerprint density at radius 2 is 1.93 bits per heavy atom. The summed E-state index contributed by atoms with van der Waals surface area (Å²) in [4.78, 5) is 2.34. The van der Waals surface area contributed by atoms with Gasteiger partial charge in [0.15, 0.2) is 0 Å².